The van der Waals surface area contributed by atoms with Crippen LogP contribution in [0, 0.1) is 5.41 Å². The molecule has 0 saturated heterocycles. The van der Waals surface area contributed by atoms with Crippen molar-refractivity contribution in [1.82, 2.24) is 16.0 Å². The van der Waals surface area contributed by atoms with E-state index in [0.29, 0.717) is 5.75 Å². The largest absolute Gasteiger partial charge is 0.480 e. The first-order chi connectivity index (χ1) is 10.2. The molecule has 8 heteroatoms. The fourth-order valence-electron chi connectivity index (χ4n) is 1.45. The van der Waals surface area contributed by atoms with Gasteiger partial charge in [0.05, 0.1) is 6.54 Å². The minimum Gasteiger partial charge on any atom is -0.480 e. The molecule has 0 unspecified atom stereocenters. The normalized spacial score (nSPS) is 12.5. The van der Waals surface area contributed by atoms with Gasteiger partial charge in [0, 0.05) is 18.7 Å². The molecule has 0 aliphatic rings. The molecule has 0 aliphatic carbocycles. The van der Waals surface area contributed by atoms with E-state index in [9.17, 15) is 14.4 Å². The van der Waals surface area contributed by atoms with Gasteiger partial charge < -0.3 is 21.1 Å². The van der Waals surface area contributed by atoms with Crippen molar-refractivity contribution in [3.05, 3.63) is 0 Å². The van der Waals surface area contributed by atoms with Crippen LogP contribution >= 0.6 is 11.8 Å². The van der Waals surface area contributed by atoms with E-state index in [-0.39, 0.29) is 36.7 Å². The van der Waals surface area contributed by atoms with Crippen LogP contribution in [-0.2, 0) is 14.4 Å². The average molecular weight is 333 g/mol. The Kier molecular flexibility index (Phi) is 9.84. The third-order valence-electron chi connectivity index (χ3n) is 2.48. The Labute approximate surface area is 136 Å². The van der Waals surface area contributed by atoms with Gasteiger partial charge in [-0.15, -0.1) is 0 Å². The number of hydrogen-bond acceptors (Lipinski definition) is 5. The summed E-state index contributed by atoms with van der Waals surface area (Å²) in [6.07, 6.45) is 0.259. The predicted molar refractivity (Wildman–Crippen MR) is 87.9 cm³/mol. The summed E-state index contributed by atoms with van der Waals surface area (Å²) in [7, 11) is 1.62. The summed E-state index contributed by atoms with van der Waals surface area (Å²) in [5.74, 6) is -0.231. The lowest BCUT2D eigenvalue weighted by molar-refractivity contribution is -0.141. The first-order valence-corrected chi connectivity index (χ1v) is 8.32. The summed E-state index contributed by atoms with van der Waals surface area (Å²) in [6, 6.07) is -1.11. The number of hydrogen-bond donors (Lipinski definition) is 4. The van der Waals surface area contributed by atoms with Gasteiger partial charge in [0.25, 0.3) is 0 Å². The third-order valence-corrected chi connectivity index (χ3v) is 4.05. The Hall–Kier alpha value is -1.28. The van der Waals surface area contributed by atoms with Crippen molar-refractivity contribution < 1.29 is 19.5 Å². The standard InChI is InChI=1S/C14H27N3O4S/c1-14(2,3)9-22-6-5-11(18)17-10(13(20)21)7-16-12(19)8-15-4/h10,15H,5-9H2,1-4H3,(H,16,19)(H,17,18)(H,20,21)/t10-/m1/s1. The molecule has 128 valence electrons. The zero-order valence-electron chi connectivity index (χ0n) is 13.7. The number of likely N-dealkylation sites (N-methyl/N-ethyl adjacent to an activating group) is 1. The number of aliphatic carboxylic acids is 1. The number of carboxylic acid groups (broad SMARTS) is 1. The molecule has 7 nitrogen and oxygen atoms in total. The molecule has 0 aromatic rings. The van der Waals surface area contributed by atoms with E-state index in [0.717, 1.165) is 5.75 Å². The van der Waals surface area contributed by atoms with E-state index in [1.807, 2.05) is 0 Å². The van der Waals surface area contributed by atoms with Crippen molar-refractivity contribution in [2.75, 3.05) is 31.6 Å². The second-order valence-corrected chi connectivity index (χ2v) is 7.26. The van der Waals surface area contributed by atoms with Gasteiger partial charge >= 0.3 is 5.97 Å². The summed E-state index contributed by atoms with van der Waals surface area (Å²) in [5, 5.41) is 16.6. The zero-order chi connectivity index (χ0) is 17.2. The Morgan fingerprint density at radius 2 is 1.82 bits per heavy atom. The van der Waals surface area contributed by atoms with Crippen LogP contribution in [0.4, 0.5) is 0 Å². The van der Waals surface area contributed by atoms with Gasteiger partial charge in [-0.05, 0) is 18.2 Å². The molecule has 0 bridgehead atoms. The number of carboxylic acids is 1. The van der Waals surface area contributed by atoms with Crippen molar-refractivity contribution in [1.29, 1.82) is 0 Å². The van der Waals surface area contributed by atoms with Crippen molar-refractivity contribution in [2.24, 2.45) is 5.41 Å². The smallest absolute Gasteiger partial charge is 0.328 e. The number of amides is 2. The highest BCUT2D eigenvalue weighted by Gasteiger charge is 2.20. The molecular weight excluding hydrogens is 306 g/mol. The van der Waals surface area contributed by atoms with Crippen molar-refractivity contribution in [2.45, 2.75) is 33.2 Å². The van der Waals surface area contributed by atoms with E-state index in [1.165, 1.54) is 0 Å². The van der Waals surface area contributed by atoms with Gasteiger partial charge in [0.2, 0.25) is 11.8 Å². The maximum atomic E-state index is 11.7. The quantitative estimate of drug-likeness (QED) is 0.421. The zero-order valence-corrected chi connectivity index (χ0v) is 14.5. The van der Waals surface area contributed by atoms with Crippen molar-refractivity contribution in [3.63, 3.8) is 0 Å². The summed E-state index contributed by atoms with van der Waals surface area (Å²) in [6.45, 7) is 6.33. The number of carbonyl (C=O) groups is 3. The molecule has 0 aliphatic heterocycles. The highest BCUT2D eigenvalue weighted by molar-refractivity contribution is 7.99. The minimum atomic E-state index is -1.17. The van der Waals surface area contributed by atoms with Crippen molar-refractivity contribution >= 4 is 29.5 Å². The Balaban J connectivity index is 4.08. The van der Waals surface area contributed by atoms with Crippen LogP contribution in [-0.4, -0.2) is 60.6 Å². The van der Waals surface area contributed by atoms with Gasteiger partial charge in [-0.1, -0.05) is 20.8 Å². The monoisotopic (exact) mass is 333 g/mol. The minimum absolute atomic E-state index is 0.101. The van der Waals surface area contributed by atoms with E-state index < -0.39 is 12.0 Å². The summed E-state index contributed by atoms with van der Waals surface area (Å²) in [5.41, 5.74) is 0.197. The van der Waals surface area contributed by atoms with Gasteiger partial charge in [0.15, 0.2) is 0 Å². The second-order valence-electron chi connectivity index (χ2n) is 6.16. The predicted octanol–water partition coefficient (Wildman–Crippen LogP) is 0.0608. The molecule has 0 aromatic carbocycles. The lowest BCUT2D eigenvalue weighted by Crippen LogP contribution is -2.49. The van der Waals surface area contributed by atoms with Gasteiger partial charge in [-0.3, -0.25) is 9.59 Å². The molecule has 0 saturated carbocycles. The van der Waals surface area contributed by atoms with Crippen LogP contribution in [0.15, 0.2) is 0 Å². The van der Waals surface area contributed by atoms with Crippen LogP contribution in [0.25, 0.3) is 0 Å². The van der Waals surface area contributed by atoms with E-state index in [1.54, 1.807) is 18.8 Å². The Bertz CT molecular complexity index is 383. The summed E-state index contributed by atoms with van der Waals surface area (Å²) in [4.78, 5) is 34.1. The van der Waals surface area contributed by atoms with Crippen LogP contribution in [0.1, 0.15) is 27.2 Å². The van der Waals surface area contributed by atoms with E-state index >= 15 is 0 Å². The van der Waals surface area contributed by atoms with Gasteiger partial charge in [0.1, 0.15) is 6.04 Å². The molecule has 0 spiro atoms. The molecule has 0 heterocycles. The summed E-state index contributed by atoms with van der Waals surface area (Å²) >= 11 is 1.66. The van der Waals surface area contributed by atoms with E-state index in [2.05, 4.69) is 36.7 Å². The SMILES string of the molecule is CNCC(=O)NC[C@@H](NC(=O)CCSCC(C)(C)C)C(=O)O. The highest BCUT2D eigenvalue weighted by atomic mass is 32.2. The molecule has 0 aromatic heterocycles. The molecule has 22 heavy (non-hydrogen) atoms. The first-order valence-electron chi connectivity index (χ1n) is 7.17. The second kappa shape index (κ2) is 10.4. The molecule has 0 radical (unpaired) electrons. The number of nitrogens with one attached hydrogen (secondary N) is 3. The average Bonchev–Trinajstić information content (AvgIpc) is 2.38. The molecule has 2 amide bonds. The van der Waals surface area contributed by atoms with Crippen LogP contribution in [0.3, 0.4) is 0 Å². The molecule has 1 atom stereocenters. The summed E-state index contributed by atoms with van der Waals surface area (Å²) < 4.78 is 0. The maximum absolute atomic E-state index is 11.7. The Morgan fingerprint density at radius 3 is 2.32 bits per heavy atom. The first kappa shape index (κ1) is 20.7. The number of thioether (sulfide) groups is 1. The molecule has 0 rings (SSSR count). The lowest BCUT2D eigenvalue weighted by Gasteiger charge is -2.18. The number of rotatable bonds is 10. The van der Waals surface area contributed by atoms with Crippen LogP contribution in [0.5, 0.6) is 0 Å². The third kappa shape index (κ3) is 11.4. The van der Waals surface area contributed by atoms with Crippen LogP contribution in [0.2, 0.25) is 0 Å². The van der Waals surface area contributed by atoms with Crippen LogP contribution < -0.4 is 16.0 Å². The maximum Gasteiger partial charge on any atom is 0.328 e. The lowest BCUT2D eigenvalue weighted by atomic mass is 10.0. The van der Waals surface area contributed by atoms with Crippen molar-refractivity contribution in [3.8, 4) is 0 Å². The molecule has 0 fully saturated rings. The topological polar surface area (TPSA) is 108 Å². The molecular formula is C14H27N3O4S. The van der Waals surface area contributed by atoms with Gasteiger partial charge in [-0.2, -0.15) is 11.8 Å². The highest BCUT2D eigenvalue weighted by Crippen LogP contribution is 2.20. The number of carbonyl (C=O) groups excluding carboxylic acids is 2. The molecule has 4 N–H and O–H groups in total. The Morgan fingerprint density at radius 1 is 1.18 bits per heavy atom. The van der Waals surface area contributed by atoms with E-state index in [4.69, 9.17) is 5.11 Å². The van der Waals surface area contributed by atoms with Gasteiger partial charge in [-0.25, -0.2) is 4.79 Å². The fourth-order valence-corrected chi connectivity index (χ4v) is 2.54. The fraction of sp³-hybridized carbons (Fsp3) is 0.786.